The number of nitrogens with zero attached hydrogens (tertiary/aromatic N) is 2. The average Bonchev–Trinajstić information content (AvgIpc) is 2.71. The lowest BCUT2D eigenvalue weighted by Crippen LogP contribution is -2.60. The van der Waals surface area contributed by atoms with E-state index >= 15 is 0 Å². The van der Waals surface area contributed by atoms with E-state index < -0.39 is 0 Å². The Bertz CT molecular complexity index is 246. The Morgan fingerprint density at radius 3 is 2.93 bits per heavy atom. The molecule has 80 valence electrons. The molecular weight excluding hydrogens is 196 g/mol. The maximum atomic E-state index is 5.87. The predicted molar refractivity (Wildman–Crippen MR) is 58.6 cm³/mol. The van der Waals surface area contributed by atoms with Gasteiger partial charge >= 0.3 is 0 Å². The Morgan fingerprint density at radius 2 is 2.29 bits per heavy atom. The van der Waals surface area contributed by atoms with Crippen molar-refractivity contribution in [2.24, 2.45) is 0 Å². The van der Waals surface area contributed by atoms with Crippen LogP contribution in [-0.2, 0) is 4.74 Å². The molecule has 1 spiro atoms. The van der Waals surface area contributed by atoms with Gasteiger partial charge in [-0.1, -0.05) is 0 Å². The van der Waals surface area contributed by atoms with Crippen molar-refractivity contribution in [3.63, 3.8) is 0 Å². The third-order valence-electron chi connectivity index (χ3n) is 3.95. The van der Waals surface area contributed by atoms with Crippen LogP contribution in [0.3, 0.4) is 0 Å². The first-order valence-corrected chi connectivity index (χ1v) is 6.38. The fourth-order valence-electron chi connectivity index (χ4n) is 3.03. The van der Waals surface area contributed by atoms with Crippen LogP contribution in [-0.4, -0.2) is 66.4 Å². The topological polar surface area (TPSA) is 15.7 Å². The molecule has 0 radical (unpaired) electrons. The zero-order chi connectivity index (χ0) is 9.76. The number of fused-ring (bicyclic) bond motifs is 3. The van der Waals surface area contributed by atoms with E-state index in [1.165, 1.54) is 18.7 Å². The second kappa shape index (κ2) is 3.11. The highest BCUT2D eigenvalue weighted by Crippen LogP contribution is 2.48. The molecular formula is C10H18N2OS. The molecule has 3 nitrogen and oxygen atoms in total. The second-order valence-electron chi connectivity index (χ2n) is 4.75. The Hall–Kier alpha value is 0.230. The van der Waals surface area contributed by atoms with Gasteiger partial charge in [0.2, 0.25) is 0 Å². The van der Waals surface area contributed by atoms with E-state index in [1.54, 1.807) is 0 Å². The van der Waals surface area contributed by atoms with Crippen LogP contribution >= 0.6 is 11.8 Å². The first kappa shape index (κ1) is 9.46. The van der Waals surface area contributed by atoms with Gasteiger partial charge in [-0.2, -0.15) is 0 Å². The van der Waals surface area contributed by atoms with Gasteiger partial charge in [0.15, 0.2) is 0 Å². The second-order valence-corrected chi connectivity index (χ2v) is 6.16. The number of morpholine rings is 1. The largest absolute Gasteiger partial charge is 0.374 e. The quantitative estimate of drug-likeness (QED) is 0.582. The van der Waals surface area contributed by atoms with Gasteiger partial charge in [0.25, 0.3) is 0 Å². The van der Waals surface area contributed by atoms with Gasteiger partial charge in [0, 0.05) is 24.9 Å². The minimum absolute atomic E-state index is 0.274. The van der Waals surface area contributed by atoms with E-state index in [-0.39, 0.29) is 4.87 Å². The summed E-state index contributed by atoms with van der Waals surface area (Å²) in [6.07, 6.45) is 1.72. The Kier molecular flexibility index (Phi) is 2.10. The highest BCUT2D eigenvalue weighted by Gasteiger charge is 2.57. The van der Waals surface area contributed by atoms with Crippen molar-refractivity contribution < 1.29 is 4.74 Å². The van der Waals surface area contributed by atoms with E-state index in [0.29, 0.717) is 12.1 Å². The minimum Gasteiger partial charge on any atom is -0.374 e. The lowest BCUT2D eigenvalue weighted by atomic mass is 10.1. The number of hydrogen-bond donors (Lipinski definition) is 0. The minimum atomic E-state index is 0.274. The molecule has 2 bridgehead atoms. The number of thioether (sulfide) groups is 1. The number of likely N-dealkylation sites (tertiary alicyclic amines) is 1. The lowest BCUT2D eigenvalue weighted by Gasteiger charge is -2.48. The summed E-state index contributed by atoms with van der Waals surface area (Å²) in [6, 6.07) is 0.680. The molecule has 3 rings (SSSR count). The maximum Gasteiger partial charge on any atom is 0.106 e. The number of rotatable bonds is 0. The zero-order valence-electron chi connectivity index (χ0n) is 8.90. The molecule has 3 heterocycles. The van der Waals surface area contributed by atoms with Gasteiger partial charge in [-0.25, -0.2) is 0 Å². The summed E-state index contributed by atoms with van der Waals surface area (Å²) in [7, 11) is 4.50. The molecule has 3 saturated heterocycles. The van der Waals surface area contributed by atoms with Crippen molar-refractivity contribution in [2.45, 2.75) is 23.4 Å². The molecule has 4 heteroatoms. The fourth-order valence-corrected chi connectivity index (χ4v) is 4.80. The number of likely N-dealkylation sites (N-methyl/N-ethyl adjacent to an activating group) is 2. The molecule has 0 aliphatic carbocycles. The van der Waals surface area contributed by atoms with E-state index in [1.807, 2.05) is 0 Å². The smallest absolute Gasteiger partial charge is 0.106 e. The van der Waals surface area contributed by atoms with E-state index in [9.17, 15) is 0 Å². The summed E-state index contributed by atoms with van der Waals surface area (Å²) in [5.74, 6) is 1.24. The van der Waals surface area contributed by atoms with Crippen molar-refractivity contribution in [1.82, 2.24) is 9.80 Å². The van der Waals surface area contributed by atoms with Crippen molar-refractivity contribution in [3.05, 3.63) is 0 Å². The molecule has 14 heavy (non-hydrogen) atoms. The summed E-state index contributed by atoms with van der Waals surface area (Å²) in [5.41, 5.74) is 0. The summed E-state index contributed by atoms with van der Waals surface area (Å²) >= 11 is 2.11. The van der Waals surface area contributed by atoms with Crippen molar-refractivity contribution in [2.75, 3.05) is 39.5 Å². The molecule has 0 aromatic carbocycles. The van der Waals surface area contributed by atoms with Crippen LogP contribution in [0.4, 0.5) is 0 Å². The average molecular weight is 214 g/mol. The summed E-state index contributed by atoms with van der Waals surface area (Å²) < 4.78 is 5.87. The summed E-state index contributed by atoms with van der Waals surface area (Å²) in [5, 5.41) is 0. The zero-order valence-corrected chi connectivity index (χ0v) is 9.72. The van der Waals surface area contributed by atoms with Gasteiger partial charge < -0.3 is 9.64 Å². The molecule has 0 N–H and O–H groups in total. The van der Waals surface area contributed by atoms with Crippen LogP contribution in [0.1, 0.15) is 6.42 Å². The van der Waals surface area contributed by atoms with Gasteiger partial charge in [-0.15, -0.1) is 11.8 Å². The fraction of sp³-hybridized carbons (Fsp3) is 1.00. The standard InChI is InChI=1S/C10H18N2OS/c1-11-3-4-14-10(7-11)9-5-8(6-13-9)12(10)2/h8-9H,3-7H2,1-2H3/t8-,9-,10?/m0/s1. The molecule has 3 aliphatic heterocycles. The molecule has 3 fully saturated rings. The van der Waals surface area contributed by atoms with E-state index in [4.69, 9.17) is 4.74 Å². The third-order valence-corrected chi connectivity index (χ3v) is 5.51. The van der Waals surface area contributed by atoms with Gasteiger partial charge in [0.05, 0.1) is 12.7 Å². The van der Waals surface area contributed by atoms with E-state index in [0.717, 1.165) is 13.2 Å². The van der Waals surface area contributed by atoms with E-state index in [2.05, 4.69) is 35.7 Å². The predicted octanol–water partition coefficient (Wildman–Crippen LogP) is 0.464. The summed E-state index contributed by atoms with van der Waals surface area (Å²) in [6.45, 7) is 3.33. The van der Waals surface area contributed by atoms with Crippen LogP contribution in [0.2, 0.25) is 0 Å². The van der Waals surface area contributed by atoms with Gasteiger partial charge in [0.1, 0.15) is 4.87 Å². The molecule has 3 aliphatic rings. The maximum absolute atomic E-state index is 5.87. The molecule has 0 amide bonds. The normalized spacial score (nSPS) is 49.3. The highest BCUT2D eigenvalue weighted by atomic mass is 32.2. The lowest BCUT2D eigenvalue weighted by molar-refractivity contribution is -0.0320. The van der Waals surface area contributed by atoms with Crippen molar-refractivity contribution >= 4 is 11.8 Å². The first-order chi connectivity index (χ1) is 6.72. The molecule has 0 saturated carbocycles. The Labute approximate surface area is 89.8 Å². The highest BCUT2D eigenvalue weighted by molar-refractivity contribution is 8.00. The number of ether oxygens (including phenoxy) is 1. The Balaban J connectivity index is 1.87. The van der Waals surface area contributed by atoms with Crippen molar-refractivity contribution in [3.8, 4) is 0 Å². The monoisotopic (exact) mass is 214 g/mol. The van der Waals surface area contributed by atoms with Crippen LogP contribution in [0, 0.1) is 0 Å². The molecule has 1 unspecified atom stereocenters. The van der Waals surface area contributed by atoms with Gasteiger partial charge in [-0.05, 0) is 20.5 Å². The third kappa shape index (κ3) is 1.11. The summed E-state index contributed by atoms with van der Waals surface area (Å²) in [4.78, 5) is 5.29. The van der Waals surface area contributed by atoms with Crippen LogP contribution in [0.5, 0.6) is 0 Å². The Morgan fingerprint density at radius 1 is 1.43 bits per heavy atom. The van der Waals surface area contributed by atoms with Gasteiger partial charge in [-0.3, -0.25) is 4.90 Å². The van der Waals surface area contributed by atoms with Crippen LogP contribution in [0.15, 0.2) is 0 Å². The van der Waals surface area contributed by atoms with Crippen LogP contribution in [0.25, 0.3) is 0 Å². The number of hydrogen-bond acceptors (Lipinski definition) is 4. The first-order valence-electron chi connectivity index (χ1n) is 5.39. The molecule has 0 aromatic rings. The van der Waals surface area contributed by atoms with Crippen LogP contribution < -0.4 is 0 Å². The molecule has 0 aromatic heterocycles. The SMILES string of the molecule is CN1CCSC2(C1)[C@@H]1C[C@@H](CO1)N2C. The van der Waals surface area contributed by atoms with Crippen molar-refractivity contribution in [1.29, 1.82) is 0 Å². The molecule has 3 atom stereocenters.